The van der Waals surface area contributed by atoms with Gasteiger partial charge in [0.25, 0.3) is 0 Å². The number of hydrogen-bond donors (Lipinski definition) is 1. The number of benzene rings is 1. The van der Waals surface area contributed by atoms with E-state index in [9.17, 15) is 4.39 Å². The molecule has 106 valence electrons. The lowest BCUT2D eigenvalue weighted by atomic mass is 9.87. The predicted octanol–water partition coefficient (Wildman–Crippen LogP) is 5.27. The van der Waals surface area contributed by atoms with E-state index in [-0.39, 0.29) is 16.8 Å². The molecular weight excluding hydrogens is 329 g/mol. The Morgan fingerprint density at radius 1 is 1.32 bits per heavy atom. The fraction of sp³-hybridized carbons (Fsp3) is 0.600. The Morgan fingerprint density at radius 3 is 2.79 bits per heavy atom. The SMILES string of the molecule is CCNC1CCCCCC1c1ccc(Br)c(Cl)c1F. The van der Waals surface area contributed by atoms with Crippen LogP contribution >= 0.6 is 27.5 Å². The maximum absolute atomic E-state index is 14.4. The van der Waals surface area contributed by atoms with E-state index in [0.29, 0.717) is 10.5 Å². The van der Waals surface area contributed by atoms with E-state index in [1.165, 1.54) is 19.3 Å². The predicted molar refractivity (Wildman–Crippen MR) is 82.4 cm³/mol. The van der Waals surface area contributed by atoms with Crippen LogP contribution < -0.4 is 5.32 Å². The van der Waals surface area contributed by atoms with E-state index in [2.05, 4.69) is 28.2 Å². The van der Waals surface area contributed by atoms with Crippen molar-refractivity contribution in [1.29, 1.82) is 0 Å². The van der Waals surface area contributed by atoms with Crippen LogP contribution in [0.2, 0.25) is 5.02 Å². The number of halogens is 3. The first-order valence-electron chi connectivity index (χ1n) is 7.02. The largest absolute Gasteiger partial charge is 0.314 e. The van der Waals surface area contributed by atoms with Gasteiger partial charge < -0.3 is 5.32 Å². The third-order valence-corrected chi connectivity index (χ3v) is 5.21. The Kier molecular flexibility index (Phi) is 5.67. The Labute approximate surface area is 128 Å². The third kappa shape index (κ3) is 3.50. The lowest BCUT2D eigenvalue weighted by Gasteiger charge is -2.27. The van der Waals surface area contributed by atoms with E-state index in [0.717, 1.165) is 24.9 Å². The molecule has 0 saturated heterocycles. The summed E-state index contributed by atoms with van der Waals surface area (Å²) in [5.41, 5.74) is 0.765. The average Bonchev–Trinajstić information content (AvgIpc) is 2.63. The molecular formula is C15H20BrClFN. The number of nitrogens with one attached hydrogen (secondary N) is 1. The second kappa shape index (κ2) is 7.05. The Hall–Kier alpha value is -0.120. The van der Waals surface area contributed by atoms with Gasteiger partial charge >= 0.3 is 0 Å². The summed E-state index contributed by atoms with van der Waals surface area (Å²) in [6, 6.07) is 4.10. The number of likely N-dealkylation sites (N-methyl/N-ethyl adjacent to an activating group) is 1. The molecule has 1 fully saturated rings. The van der Waals surface area contributed by atoms with Gasteiger partial charge in [0.15, 0.2) is 0 Å². The Morgan fingerprint density at radius 2 is 2.05 bits per heavy atom. The molecule has 1 aromatic carbocycles. The molecule has 1 aliphatic rings. The molecule has 2 rings (SSSR count). The molecule has 0 spiro atoms. The smallest absolute Gasteiger partial charge is 0.146 e. The normalized spacial score (nSPS) is 24.2. The zero-order valence-corrected chi connectivity index (χ0v) is 13.5. The van der Waals surface area contributed by atoms with Crippen LogP contribution in [-0.2, 0) is 0 Å². The summed E-state index contributed by atoms with van der Waals surface area (Å²) < 4.78 is 15.0. The molecule has 1 aromatic rings. The number of hydrogen-bond acceptors (Lipinski definition) is 1. The minimum absolute atomic E-state index is 0.206. The molecule has 1 aliphatic carbocycles. The summed E-state index contributed by atoms with van der Waals surface area (Å²) in [6.45, 7) is 3.03. The van der Waals surface area contributed by atoms with Gasteiger partial charge in [-0.15, -0.1) is 0 Å². The van der Waals surface area contributed by atoms with Gasteiger partial charge in [0, 0.05) is 16.4 Å². The maximum Gasteiger partial charge on any atom is 0.146 e. The van der Waals surface area contributed by atoms with Gasteiger partial charge in [0.2, 0.25) is 0 Å². The quantitative estimate of drug-likeness (QED) is 0.580. The Balaban J connectivity index is 2.33. The van der Waals surface area contributed by atoms with Crippen LogP contribution in [0.25, 0.3) is 0 Å². The van der Waals surface area contributed by atoms with Crippen molar-refractivity contribution in [3.05, 3.63) is 33.0 Å². The van der Waals surface area contributed by atoms with E-state index >= 15 is 0 Å². The van der Waals surface area contributed by atoms with Gasteiger partial charge in [-0.3, -0.25) is 0 Å². The lowest BCUT2D eigenvalue weighted by molar-refractivity contribution is 0.408. The van der Waals surface area contributed by atoms with Gasteiger partial charge in [-0.1, -0.05) is 43.9 Å². The average molecular weight is 349 g/mol. The van der Waals surface area contributed by atoms with Gasteiger partial charge in [0.05, 0.1) is 5.02 Å². The molecule has 0 radical (unpaired) electrons. The van der Waals surface area contributed by atoms with Crippen LogP contribution in [0.1, 0.15) is 50.5 Å². The minimum atomic E-state index is -0.258. The highest BCUT2D eigenvalue weighted by Crippen LogP contribution is 2.37. The van der Waals surface area contributed by atoms with Crippen molar-refractivity contribution in [2.75, 3.05) is 6.54 Å². The van der Waals surface area contributed by atoms with Gasteiger partial charge in [-0.05, 0) is 46.9 Å². The first kappa shape index (κ1) is 15.3. The number of rotatable bonds is 3. The molecule has 1 N–H and O–H groups in total. The van der Waals surface area contributed by atoms with E-state index in [1.54, 1.807) is 0 Å². The molecule has 0 aromatic heterocycles. The second-order valence-electron chi connectivity index (χ2n) is 5.17. The maximum atomic E-state index is 14.4. The summed E-state index contributed by atoms with van der Waals surface area (Å²) in [6.07, 6.45) is 5.78. The van der Waals surface area contributed by atoms with Crippen molar-refractivity contribution in [1.82, 2.24) is 5.32 Å². The fourth-order valence-corrected chi connectivity index (χ4v) is 3.49. The summed E-state index contributed by atoms with van der Waals surface area (Å²) in [5.74, 6) is -0.0288. The van der Waals surface area contributed by atoms with E-state index in [4.69, 9.17) is 11.6 Å². The van der Waals surface area contributed by atoms with Gasteiger partial charge in [0.1, 0.15) is 5.82 Å². The minimum Gasteiger partial charge on any atom is -0.314 e. The molecule has 1 saturated carbocycles. The zero-order valence-electron chi connectivity index (χ0n) is 11.2. The van der Waals surface area contributed by atoms with Crippen molar-refractivity contribution in [2.24, 2.45) is 0 Å². The van der Waals surface area contributed by atoms with Crippen LogP contribution in [0.4, 0.5) is 4.39 Å². The monoisotopic (exact) mass is 347 g/mol. The molecule has 0 bridgehead atoms. The van der Waals surface area contributed by atoms with Crippen LogP contribution in [0.15, 0.2) is 16.6 Å². The third-order valence-electron chi connectivity index (χ3n) is 3.95. The molecule has 0 amide bonds. The van der Waals surface area contributed by atoms with Crippen molar-refractivity contribution in [3.63, 3.8) is 0 Å². The molecule has 0 heterocycles. The molecule has 1 nitrogen and oxygen atoms in total. The van der Waals surface area contributed by atoms with Crippen molar-refractivity contribution >= 4 is 27.5 Å². The molecule has 2 unspecified atom stereocenters. The molecule has 19 heavy (non-hydrogen) atoms. The van der Waals surface area contributed by atoms with Crippen LogP contribution in [-0.4, -0.2) is 12.6 Å². The molecule has 0 aliphatic heterocycles. The zero-order chi connectivity index (χ0) is 13.8. The topological polar surface area (TPSA) is 12.0 Å². The van der Waals surface area contributed by atoms with Crippen LogP contribution in [0, 0.1) is 5.82 Å². The van der Waals surface area contributed by atoms with Gasteiger partial charge in [-0.25, -0.2) is 4.39 Å². The first-order chi connectivity index (χ1) is 9.15. The molecule has 2 atom stereocenters. The highest BCUT2D eigenvalue weighted by Gasteiger charge is 2.27. The van der Waals surface area contributed by atoms with E-state index in [1.807, 2.05) is 12.1 Å². The van der Waals surface area contributed by atoms with Crippen LogP contribution in [0.3, 0.4) is 0 Å². The van der Waals surface area contributed by atoms with Crippen molar-refractivity contribution in [3.8, 4) is 0 Å². The first-order valence-corrected chi connectivity index (χ1v) is 8.19. The second-order valence-corrected chi connectivity index (χ2v) is 6.41. The van der Waals surface area contributed by atoms with Gasteiger partial charge in [-0.2, -0.15) is 0 Å². The van der Waals surface area contributed by atoms with Crippen LogP contribution in [0.5, 0.6) is 0 Å². The summed E-state index contributed by atoms with van der Waals surface area (Å²) in [5, 5.41) is 3.72. The highest BCUT2D eigenvalue weighted by molar-refractivity contribution is 9.10. The standard InChI is InChI=1S/C15H20BrClFN/c1-2-19-13-7-5-3-4-6-10(13)11-8-9-12(16)14(17)15(11)18/h8-10,13,19H,2-7H2,1H3. The Bertz CT molecular complexity index is 438. The molecule has 4 heteroatoms. The lowest BCUT2D eigenvalue weighted by Crippen LogP contribution is -2.34. The van der Waals surface area contributed by atoms with E-state index < -0.39 is 0 Å². The highest BCUT2D eigenvalue weighted by atomic mass is 79.9. The fourth-order valence-electron chi connectivity index (χ4n) is 3.01. The summed E-state index contributed by atoms with van der Waals surface area (Å²) in [7, 11) is 0. The van der Waals surface area contributed by atoms with Crippen molar-refractivity contribution in [2.45, 2.75) is 51.0 Å². The summed E-state index contributed by atoms with van der Waals surface area (Å²) >= 11 is 9.30. The summed E-state index contributed by atoms with van der Waals surface area (Å²) in [4.78, 5) is 0. The van der Waals surface area contributed by atoms with Crippen molar-refractivity contribution < 1.29 is 4.39 Å².